The second-order valence-electron chi connectivity index (χ2n) is 4.90. The first-order chi connectivity index (χ1) is 10.0. The molecule has 2 N–H and O–H groups in total. The smallest absolute Gasteiger partial charge is 0.339 e. The minimum Gasteiger partial charge on any atom is -0.507 e. The lowest BCUT2D eigenvalue weighted by Gasteiger charge is -2.10. The second kappa shape index (κ2) is 6.31. The molecule has 0 unspecified atom stereocenters. The number of aryl methyl sites for hydroxylation is 2. The molecule has 4 heteroatoms. The molecule has 2 rings (SSSR count). The van der Waals surface area contributed by atoms with E-state index in [2.05, 4.69) is 6.92 Å². The van der Waals surface area contributed by atoms with E-state index in [-0.39, 0.29) is 11.3 Å². The number of aromatic carboxylic acids is 1. The zero-order valence-corrected chi connectivity index (χ0v) is 12.1. The molecule has 0 amide bonds. The Kier molecular flexibility index (Phi) is 4.48. The average Bonchev–Trinajstić information content (AvgIpc) is 2.48. The minimum atomic E-state index is -1.17. The number of carboxylic acid groups (broad SMARTS) is 1. The SMILES string of the molecule is CCc1ccc(COc2cc(C)c(O)c(C(=O)O)c2)cc1. The minimum absolute atomic E-state index is 0.147. The maximum Gasteiger partial charge on any atom is 0.339 e. The molecule has 0 atom stereocenters. The van der Waals surface area contributed by atoms with Crippen LogP contribution in [0.1, 0.15) is 34.0 Å². The van der Waals surface area contributed by atoms with Crippen LogP contribution in [0.5, 0.6) is 11.5 Å². The Bertz CT molecular complexity index is 645. The summed E-state index contributed by atoms with van der Waals surface area (Å²) in [7, 11) is 0. The fraction of sp³-hybridized carbons (Fsp3) is 0.235. The van der Waals surface area contributed by atoms with E-state index in [0.29, 0.717) is 17.9 Å². The van der Waals surface area contributed by atoms with Gasteiger partial charge in [-0.3, -0.25) is 0 Å². The third kappa shape index (κ3) is 3.54. The van der Waals surface area contributed by atoms with Gasteiger partial charge in [-0.05, 0) is 42.2 Å². The van der Waals surface area contributed by atoms with Gasteiger partial charge in [-0.25, -0.2) is 4.79 Å². The Morgan fingerprint density at radius 2 is 1.76 bits per heavy atom. The van der Waals surface area contributed by atoms with E-state index in [1.165, 1.54) is 11.6 Å². The van der Waals surface area contributed by atoms with Crippen molar-refractivity contribution >= 4 is 5.97 Å². The second-order valence-corrected chi connectivity index (χ2v) is 4.90. The summed E-state index contributed by atoms with van der Waals surface area (Å²) < 4.78 is 5.62. The van der Waals surface area contributed by atoms with Crippen LogP contribution in [0.4, 0.5) is 0 Å². The molecule has 21 heavy (non-hydrogen) atoms. The summed E-state index contributed by atoms with van der Waals surface area (Å²) in [6.45, 7) is 4.09. The van der Waals surface area contributed by atoms with Crippen molar-refractivity contribution in [1.29, 1.82) is 0 Å². The summed E-state index contributed by atoms with van der Waals surface area (Å²) in [5.41, 5.74) is 2.60. The van der Waals surface area contributed by atoms with E-state index < -0.39 is 5.97 Å². The van der Waals surface area contributed by atoms with Crippen LogP contribution >= 0.6 is 0 Å². The highest BCUT2D eigenvalue weighted by atomic mass is 16.5. The molecular weight excluding hydrogens is 268 g/mol. The molecule has 0 aliphatic carbocycles. The first-order valence-corrected chi connectivity index (χ1v) is 6.78. The molecule has 0 heterocycles. The average molecular weight is 286 g/mol. The number of benzene rings is 2. The van der Waals surface area contributed by atoms with Crippen molar-refractivity contribution in [2.24, 2.45) is 0 Å². The molecule has 0 aromatic heterocycles. The third-order valence-electron chi connectivity index (χ3n) is 3.34. The van der Waals surface area contributed by atoms with Gasteiger partial charge >= 0.3 is 5.97 Å². The molecular formula is C17H18O4. The lowest BCUT2D eigenvalue weighted by Crippen LogP contribution is -2.01. The Hall–Kier alpha value is -2.49. The van der Waals surface area contributed by atoms with Gasteiger partial charge in [0.05, 0.1) is 0 Å². The van der Waals surface area contributed by atoms with Crippen LogP contribution in [0.25, 0.3) is 0 Å². The van der Waals surface area contributed by atoms with Crippen LogP contribution in [0, 0.1) is 6.92 Å². The predicted molar refractivity (Wildman–Crippen MR) is 80.0 cm³/mol. The van der Waals surface area contributed by atoms with Gasteiger partial charge in [0.2, 0.25) is 0 Å². The zero-order valence-electron chi connectivity index (χ0n) is 12.1. The summed E-state index contributed by atoms with van der Waals surface area (Å²) in [5.74, 6) is -0.960. The number of phenols is 1. The highest BCUT2D eigenvalue weighted by Gasteiger charge is 2.14. The van der Waals surface area contributed by atoms with E-state index in [9.17, 15) is 9.90 Å². The number of hydrogen-bond acceptors (Lipinski definition) is 3. The summed E-state index contributed by atoms with van der Waals surface area (Å²) in [6.07, 6.45) is 0.986. The molecule has 0 radical (unpaired) electrons. The van der Waals surface area contributed by atoms with Crippen molar-refractivity contribution < 1.29 is 19.7 Å². The Labute approximate surface area is 123 Å². The van der Waals surface area contributed by atoms with Crippen molar-refractivity contribution in [3.05, 3.63) is 58.7 Å². The van der Waals surface area contributed by atoms with E-state index in [1.807, 2.05) is 24.3 Å². The van der Waals surface area contributed by atoms with Crippen LogP contribution in [0.2, 0.25) is 0 Å². The van der Waals surface area contributed by atoms with Gasteiger partial charge < -0.3 is 14.9 Å². The molecule has 0 aliphatic heterocycles. The van der Waals surface area contributed by atoms with Gasteiger partial charge in [-0.1, -0.05) is 31.2 Å². The van der Waals surface area contributed by atoms with Crippen LogP contribution < -0.4 is 4.74 Å². The van der Waals surface area contributed by atoms with Crippen LogP contribution in [0.15, 0.2) is 36.4 Å². The Morgan fingerprint density at radius 3 is 2.33 bits per heavy atom. The summed E-state index contributed by atoms with van der Waals surface area (Å²) in [5, 5.41) is 18.7. The zero-order chi connectivity index (χ0) is 15.4. The van der Waals surface area contributed by atoms with Gasteiger partial charge in [0.15, 0.2) is 0 Å². The van der Waals surface area contributed by atoms with Gasteiger partial charge in [0, 0.05) is 0 Å². The van der Waals surface area contributed by atoms with E-state index in [1.54, 1.807) is 13.0 Å². The van der Waals surface area contributed by atoms with Crippen LogP contribution in [-0.4, -0.2) is 16.2 Å². The van der Waals surface area contributed by atoms with Crippen LogP contribution in [-0.2, 0) is 13.0 Å². The third-order valence-corrected chi connectivity index (χ3v) is 3.34. The molecule has 0 aliphatic rings. The number of hydrogen-bond donors (Lipinski definition) is 2. The van der Waals surface area contributed by atoms with E-state index in [4.69, 9.17) is 9.84 Å². The molecule has 0 bridgehead atoms. The molecule has 110 valence electrons. The number of aromatic hydroxyl groups is 1. The lowest BCUT2D eigenvalue weighted by molar-refractivity contribution is 0.0693. The largest absolute Gasteiger partial charge is 0.507 e. The van der Waals surface area contributed by atoms with Crippen molar-refractivity contribution in [2.45, 2.75) is 26.9 Å². The fourth-order valence-corrected chi connectivity index (χ4v) is 2.03. The number of ether oxygens (including phenoxy) is 1. The van der Waals surface area contributed by atoms with Gasteiger partial charge in [-0.2, -0.15) is 0 Å². The Morgan fingerprint density at radius 1 is 1.14 bits per heavy atom. The van der Waals surface area contributed by atoms with Gasteiger partial charge in [-0.15, -0.1) is 0 Å². The van der Waals surface area contributed by atoms with Gasteiger partial charge in [0.1, 0.15) is 23.7 Å². The molecule has 4 nitrogen and oxygen atoms in total. The highest BCUT2D eigenvalue weighted by molar-refractivity contribution is 5.91. The first-order valence-electron chi connectivity index (χ1n) is 6.78. The maximum atomic E-state index is 11.1. The van der Waals surface area contributed by atoms with Crippen molar-refractivity contribution in [1.82, 2.24) is 0 Å². The lowest BCUT2D eigenvalue weighted by atomic mass is 10.1. The van der Waals surface area contributed by atoms with E-state index in [0.717, 1.165) is 12.0 Å². The molecule has 0 fully saturated rings. The van der Waals surface area contributed by atoms with E-state index >= 15 is 0 Å². The van der Waals surface area contributed by atoms with Gasteiger partial charge in [0.25, 0.3) is 0 Å². The monoisotopic (exact) mass is 286 g/mol. The maximum absolute atomic E-state index is 11.1. The normalized spacial score (nSPS) is 10.4. The topological polar surface area (TPSA) is 66.8 Å². The fourth-order valence-electron chi connectivity index (χ4n) is 2.03. The number of carboxylic acids is 1. The summed E-state index contributed by atoms with van der Waals surface area (Å²) in [6, 6.07) is 11.0. The molecule has 0 saturated carbocycles. The van der Waals surface area contributed by atoms with Crippen molar-refractivity contribution in [3.8, 4) is 11.5 Å². The highest BCUT2D eigenvalue weighted by Crippen LogP contribution is 2.28. The quantitative estimate of drug-likeness (QED) is 0.882. The Balaban J connectivity index is 2.14. The van der Waals surface area contributed by atoms with Crippen LogP contribution in [0.3, 0.4) is 0 Å². The molecule has 2 aromatic carbocycles. The first kappa shape index (κ1) is 14.9. The molecule has 2 aromatic rings. The van der Waals surface area contributed by atoms with Crippen molar-refractivity contribution in [3.63, 3.8) is 0 Å². The summed E-state index contributed by atoms with van der Waals surface area (Å²) in [4.78, 5) is 11.1. The molecule has 0 saturated heterocycles. The predicted octanol–water partition coefficient (Wildman–Crippen LogP) is 3.54. The van der Waals surface area contributed by atoms with Crippen molar-refractivity contribution in [2.75, 3.05) is 0 Å². The molecule has 0 spiro atoms. The standard InChI is InChI=1S/C17H18O4/c1-3-12-4-6-13(7-5-12)10-21-14-8-11(2)16(18)15(9-14)17(19)20/h4-9,18H,3,10H2,1-2H3,(H,19,20). The number of carbonyl (C=O) groups is 1. The summed E-state index contributed by atoms with van der Waals surface area (Å²) >= 11 is 0. The number of rotatable bonds is 5.